The van der Waals surface area contributed by atoms with Crippen molar-refractivity contribution >= 4 is 28.3 Å². The topological polar surface area (TPSA) is 67.4 Å². The molecular weight excluding hydrogens is 421 g/mol. The molecule has 2 aromatic carbocycles. The zero-order chi connectivity index (χ0) is 23.4. The molecule has 0 bridgehead atoms. The summed E-state index contributed by atoms with van der Waals surface area (Å²) in [5, 5.41) is 3.71. The van der Waals surface area contributed by atoms with Gasteiger partial charge in [-0.3, -0.25) is 4.79 Å². The number of aromatic nitrogens is 2. The third-order valence-corrected chi connectivity index (χ3v) is 5.55. The maximum absolute atomic E-state index is 14.6. The molecule has 0 unspecified atom stereocenters. The van der Waals surface area contributed by atoms with Gasteiger partial charge in [0.2, 0.25) is 0 Å². The van der Waals surface area contributed by atoms with E-state index in [1.807, 2.05) is 0 Å². The van der Waals surface area contributed by atoms with Crippen molar-refractivity contribution < 1.29 is 22.7 Å². The predicted molar refractivity (Wildman–Crippen MR) is 116 cm³/mol. The zero-order valence-corrected chi connectivity index (χ0v) is 18.3. The number of alkyl halides is 2. The molecule has 1 aromatic heterocycles. The van der Waals surface area contributed by atoms with E-state index in [1.165, 1.54) is 17.0 Å². The fourth-order valence-electron chi connectivity index (χ4n) is 3.90. The quantitative estimate of drug-likeness (QED) is 0.590. The number of carbonyl (C=O) groups excluding carboxylic acids is 1. The van der Waals surface area contributed by atoms with E-state index in [0.29, 0.717) is 34.0 Å². The van der Waals surface area contributed by atoms with Gasteiger partial charge in [-0.25, -0.2) is 23.1 Å². The number of carbonyl (C=O) groups is 1. The fourth-order valence-corrected chi connectivity index (χ4v) is 3.90. The summed E-state index contributed by atoms with van der Waals surface area (Å²) in [7, 11) is 1.66. The summed E-state index contributed by atoms with van der Waals surface area (Å²) in [4.78, 5) is 23.0. The van der Waals surface area contributed by atoms with Gasteiger partial charge in [-0.1, -0.05) is 18.2 Å². The Morgan fingerprint density at radius 1 is 1.16 bits per heavy atom. The molecule has 1 aliphatic heterocycles. The average molecular weight is 444 g/mol. The van der Waals surface area contributed by atoms with Gasteiger partial charge < -0.3 is 15.0 Å². The number of likely N-dealkylation sites (N-methyl/N-ethyl adjacent to an activating group) is 1. The molecule has 1 N–H and O–H groups in total. The Bertz CT molecular complexity index is 1230. The minimum Gasteiger partial charge on any atom is -0.476 e. The highest BCUT2D eigenvalue weighted by atomic mass is 19.3. The summed E-state index contributed by atoms with van der Waals surface area (Å²) in [5.74, 6) is 0.225. The van der Waals surface area contributed by atoms with Gasteiger partial charge >= 0.3 is 0 Å². The van der Waals surface area contributed by atoms with Crippen LogP contribution in [0.2, 0.25) is 0 Å². The highest BCUT2D eigenvalue weighted by Gasteiger charge is 2.39. The number of fused-ring (bicyclic) bond motifs is 2. The van der Waals surface area contributed by atoms with Crippen molar-refractivity contribution in [3.05, 3.63) is 53.1 Å². The molecule has 168 valence electrons. The van der Waals surface area contributed by atoms with Crippen molar-refractivity contribution in [1.82, 2.24) is 9.97 Å². The maximum atomic E-state index is 14.6. The number of anilines is 2. The minimum atomic E-state index is -2.91. The molecule has 2 heterocycles. The molecule has 9 heteroatoms. The van der Waals surface area contributed by atoms with E-state index in [9.17, 15) is 18.0 Å². The first-order chi connectivity index (χ1) is 15.0. The van der Waals surface area contributed by atoms with E-state index in [1.54, 1.807) is 46.9 Å². The maximum Gasteiger partial charge on any atom is 0.270 e. The lowest BCUT2D eigenvalue weighted by molar-refractivity contribution is -0.132. The smallest absolute Gasteiger partial charge is 0.270 e. The molecule has 0 saturated heterocycles. The van der Waals surface area contributed by atoms with E-state index >= 15 is 0 Å². The second-order valence-corrected chi connectivity index (χ2v) is 8.35. The summed E-state index contributed by atoms with van der Waals surface area (Å²) in [6.07, 6.45) is -2.91. The van der Waals surface area contributed by atoms with Crippen LogP contribution in [0, 0.1) is 12.7 Å². The van der Waals surface area contributed by atoms with Crippen molar-refractivity contribution in [2.75, 3.05) is 17.3 Å². The number of hydrogen-bond acceptors (Lipinski definition) is 5. The molecule has 0 spiro atoms. The summed E-state index contributed by atoms with van der Waals surface area (Å²) in [5.41, 5.74) is -0.432. The lowest BCUT2D eigenvalue weighted by Gasteiger charge is -2.37. The van der Waals surface area contributed by atoms with Crippen LogP contribution in [0.3, 0.4) is 0 Å². The normalized spacial score (nSPS) is 16.2. The van der Waals surface area contributed by atoms with E-state index < -0.39 is 29.4 Å². The van der Waals surface area contributed by atoms with Gasteiger partial charge in [-0.15, -0.1) is 0 Å². The van der Waals surface area contributed by atoms with Crippen LogP contribution in [-0.2, 0) is 4.79 Å². The van der Waals surface area contributed by atoms with Gasteiger partial charge in [0.05, 0.1) is 22.8 Å². The summed E-state index contributed by atoms with van der Waals surface area (Å²) >= 11 is 0. The Balaban J connectivity index is 1.79. The second-order valence-electron chi connectivity index (χ2n) is 8.35. The van der Waals surface area contributed by atoms with Crippen LogP contribution < -0.4 is 15.0 Å². The van der Waals surface area contributed by atoms with Gasteiger partial charge in [-0.2, -0.15) is 0 Å². The number of ether oxygens (including phenoxy) is 1. The monoisotopic (exact) mass is 444 g/mol. The molecule has 1 amide bonds. The molecule has 0 fully saturated rings. The van der Waals surface area contributed by atoms with Crippen LogP contribution in [0.15, 0.2) is 30.3 Å². The van der Waals surface area contributed by atoms with Gasteiger partial charge in [-0.05, 0) is 33.8 Å². The molecule has 32 heavy (non-hydrogen) atoms. The van der Waals surface area contributed by atoms with E-state index in [2.05, 4.69) is 15.3 Å². The third kappa shape index (κ3) is 3.61. The van der Waals surface area contributed by atoms with E-state index in [4.69, 9.17) is 4.74 Å². The number of halogens is 3. The Labute approximate surface area is 183 Å². The van der Waals surface area contributed by atoms with Crippen LogP contribution in [0.4, 0.5) is 24.7 Å². The molecule has 6 nitrogen and oxygen atoms in total. The Kier molecular flexibility index (Phi) is 5.22. The van der Waals surface area contributed by atoms with Crippen molar-refractivity contribution in [3.63, 3.8) is 0 Å². The number of aryl methyl sites for hydroxylation is 1. The number of hydrogen-bond donors (Lipinski definition) is 1. The number of nitrogens with zero attached hydrogens (tertiary/aromatic N) is 3. The average Bonchev–Trinajstić information content (AvgIpc) is 2.70. The van der Waals surface area contributed by atoms with Crippen LogP contribution in [0.1, 0.15) is 50.2 Å². The van der Waals surface area contributed by atoms with Gasteiger partial charge in [0.15, 0.2) is 5.60 Å². The van der Waals surface area contributed by atoms with Gasteiger partial charge in [0, 0.05) is 24.1 Å². The molecule has 0 saturated carbocycles. The number of rotatable bonds is 4. The lowest BCUT2D eigenvalue weighted by Crippen LogP contribution is -2.50. The van der Waals surface area contributed by atoms with Crippen molar-refractivity contribution in [1.29, 1.82) is 0 Å². The molecule has 0 aliphatic carbocycles. The number of benzene rings is 2. The summed E-state index contributed by atoms with van der Waals surface area (Å²) < 4.78 is 46.8. The highest BCUT2D eigenvalue weighted by molar-refractivity contribution is 6.05. The summed E-state index contributed by atoms with van der Waals surface area (Å²) in [6.45, 7) is 6.77. The van der Waals surface area contributed by atoms with Gasteiger partial charge in [0.25, 0.3) is 12.3 Å². The molecule has 1 atom stereocenters. The Hall–Kier alpha value is -3.36. The van der Waals surface area contributed by atoms with Crippen molar-refractivity contribution in [2.45, 2.75) is 45.8 Å². The zero-order valence-electron chi connectivity index (χ0n) is 18.3. The highest BCUT2D eigenvalue weighted by Crippen LogP contribution is 2.41. The predicted octanol–water partition coefficient (Wildman–Crippen LogP) is 5.32. The lowest BCUT2D eigenvalue weighted by atomic mass is 10.0. The van der Waals surface area contributed by atoms with E-state index in [-0.39, 0.29) is 11.5 Å². The number of nitrogens with one attached hydrogen (secondary N) is 1. The second kappa shape index (κ2) is 7.65. The largest absolute Gasteiger partial charge is 0.476 e. The molecular formula is C23H23F3N4O2. The van der Waals surface area contributed by atoms with Crippen LogP contribution in [0.25, 0.3) is 10.9 Å². The SMILES string of the molecule is Cc1nc(N[C@H](C)c2cccc(C(F)F)c2F)c2cc3c(cc2n1)OC(C)(C)C(=O)N3C. The first kappa shape index (κ1) is 21.9. The molecule has 1 aliphatic rings. The van der Waals surface area contributed by atoms with Crippen LogP contribution in [-0.4, -0.2) is 28.5 Å². The van der Waals surface area contributed by atoms with Crippen molar-refractivity contribution in [3.8, 4) is 5.75 Å². The molecule has 4 rings (SSSR count). The Morgan fingerprint density at radius 2 is 1.84 bits per heavy atom. The Morgan fingerprint density at radius 3 is 2.53 bits per heavy atom. The third-order valence-electron chi connectivity index (χ3n) is 5.55. The molecule has 0 radical (unpaired) electrons. The fraction of sp³-hybridized carbons (Fsp3) is 0.348. The van der Waals surface area contributed by atoms with Crippen molar-refractivity contribution in [2.24, 2.45) is 0 Å². The van der Waals surface area contributed by atoms with Gasteiger partial charge in [0.1, 0.15) is 23.2 Å². The first-order valence-corrected chi connectivity index (χ1v) is 10.1. The van der Waals surface area contributed by atoms with Crippen LogP contribution in [0.5, 0.6) is 5.75 Å². The number of amides is 1. The van der Waals surface area contributed by atoms with E-state index in [0.717, 1.165) is 6.07 Å². The molecule has 3 aromatic rings. The first-order valence-electron chi connectivity index (χ1n) is 10.1. The standard InChI is InChI=1S/C23H23F3N4O2/c1-11(13-7-6-8-14(19(13)24)20(25)26)27-21-15-9-17-18(10-16(15)28-12(2)29-21)32-23(3,4)22(31)30(17)5/h6-11,20H,1-5H3,(H,27,28,29)/t11-/m1/s1. The van der Waals surface area contributed by atoms with Crippen LogP contribution >= 0.6 is 0 Å². The minimum absolute atomic E-state index is 0.0996. The summed E-state index contributed by atoms with van der Waals surface area (Å²) in [6, 6.07) is 6.74.